The van der Waals surface area contributed by atoms with E-state index < -0.39 is 0 Å². The number of rotatable bonds is 1. The van der Waals surface area contributed by atoms with Gasteiger partial charge in [0, 0.05) is 21.3 Å². The van der Waals surface area contributed by atoms with E-state index in [1.54, 1.807) is 0 Å². The summed E-state index contributed by atoms with van der Waals surface area (Å²) in [5.74, 6) is 1.15. The van der Waals surface area contributed by atoms with Crippen molar-refractivity contribution >= 4 is 39.3 Å². The average Bonchev–Trinajstić information content (AvgIpc) is 2.51. The lowest BCUT2D eigenvalue weighted by molar-refractivity contribution is 0.618. The molecule has 1 fully saturated rings. The van der Waals surface area contributed by atoms with E-state index in [2.05, 4.69) is 34.2 Å². The first-order valence-corrected chi connectivity index (χ1v) is 6.71. The van der Waals surface area contributed by atoms with Gasteiger partial charge in [-0.3, -0.25) is 5.32 Å². The SMILES string of the molecule is CC1CSC(c2ccc(Br)cc2Cl)N1. The Morgan fingerprint density at radius 1 is 1.57 bits per heavy atom. The number of benzene rings is 1. The Morgan fingerprint density at radius 2 is 2.36 bits per heavy atom. The summed E-state index contributed by atoms with van der Waals surface area (Å²) < 4.78 is 1.03. The number of hydrogen-bond donors (Lipinski definition) is 1. The molecule has 2 atom stereocenters. The summed E-state index contributed by atoms with van der Waals surface area (Å²) in [6, 6.07) is 6.63. The van der Waals surface area contributed by atoms with E-state index in [1.807, 2.05) is 23.9 Å². The zero-order valence-electron chi connectivity index (χ0n) is 7.76. The summed E-state index contributed by atoms with van der Waals surface area (Å²) in [7, 11) is 0. The molecule has 1 aliphatic rings. The molecule has 0 amide bonds. The molecular formula is C10H11BrClNS. The first-order chi connectivity index (χ1) is 6.66. The second-order valence-corrected chi connectivity index (χ2v) is 5.91. The van der Waals surface area contributed by atoms with Crippen LogP contribution in [0, 0.1) is 0 Å². The van der Waals surface area contributed by atoms with Gasteiger partial charge in [0.05, 0.1) is 5.37 Å². The van der Waals surface area contributed by atoms with Crippen molar-refractivity contribution in [3.05, 3.63) is 33.3 Å². The van der Waals surface area contributed by atoms with Crippen LogP contribution in [0.25, 0.3) is 0 Å². The Morgan fingerprint density at radius 3 is 2.93 bits per heavy atom. The fourth-order valence-corrected chi connectivity index (χ4v) is 3.63. The lowest BCUT2D eigenvalue weighted by atomic mass is 10.2. The van der Waals surface area contributed by atoms with Crippen LogP contribution in [-0.2, 0) is 0 Å². The van der Waals surface area contributed by atoms with Gasteiger partial charge in [-0.15, -0.1) is 11.8 Å². The molecule has 76 valence electrons. The van der Waals surface area contributed by atoms with Crippen molar-refractivity contribution < 1.29 is 0 Å². The zero-order valence-corrected chi connectivity index (χ0v) is 10.9. The molecule has 0 radical (unpaired) electrons. The molecule has 1 saturated heterocycles. The Bertz CT molecular complexity index is 345. The third-order valence-corrected chi connectivity index (χ3v) is 4.43. The number of thioether (sulfide) groups is 1. The molecule has 1 aliphatic heterocycles. The minimum Gasteiger partial charge on any atom is -0.298 e. The van der Waals surface area contributed by atoms with Crippen LogP contribution in [0.3, 0.4) is 0 Å². The molecule has 1 aromatic carbocycles. The Labute approximate surface area is 102 Å². The molecule has 1 N–H and O–H groups in total. The fourth-order valence-electron chi connectivity index (χ4n) is 1.49. The van der Waals surface area contributed by atoms with Gasteiger partial charge in [-0.25, -0.2) is 0 Å². The molecule has 0 aromatic heterocycles. The normalized spacial score (nSPS) is 26.8. The maximum Gasteiger partial charge on any atom is 0.0806 e. The van der Waals surface area contributed by atoms with Gasteiger partial charge in [0.2, 0.25) is 0 Å². The maximum absolute atomic E-state index is 6.17. The quantitative estimate of drug-likeness (QED) is 0.844. The Balaban J connectivity index is 2.24. The van der Waals surface area contributed by atoms with E-state index in [-0.39, 0.29) is 0 Å². The molecule has 0 aliphatic carbocycles. The summed E-state index contributed by atoms with van der Waals surface area (Å²) >= 11 is 11.5. The molecular weight excluding hydrogens is 282 g/mol. The summed E-state index contributed by atoms with van der Waals surface area (Å²) in [4.78, 5) is 0. The highest BCUT2D eigenvalue weighted by molar-refractivity contribution is 9.10. The van der Waals surface area contributed by atoms with E-state index in [0.29, 0.717) is 11.4 Å². The van der Waals surface area contributed by atoms with E-state index in [0.717, 1.165) is 15.2 Å². The van der Waals surface area contributed by atoms with E-state index in [9.17, 15) is 0 Å². The van der Waals surface area contributed by atoms with Gasteiger partial charge in [0.25, 0.3) is 0 Å². The topological polar surface area (TPSA) is 12.0 Å². The number of hydrogen-bond acceptors (Lipinski definition) is 2. The van der Waals surface area contributed by atoms with Crippen LogP contribution in [-0.4, -0.2) is 11.8 Å². The van der Waals surface area contributed by atoms with Gasteiger partial charge < -0.3 is 0 Å². The highest BCUT2D eigenvalue weighted by Gasteiger charge is 2.23. The standard InChI is InChI=1S/C10H11BrClNS/c1-6-5-14-10(13-6)8-3-2-7(11)4-9(8)12/h2-4,6,10,13H,5H2,1H3. The van der Waals surface area contributed by atoms with Gasteiger partial charge in [-0.1, -0.05) is 33.6 Å². The minimum atomic E-state index is 0.352. The van der Waals surface area contributed by atoms with E-state index in [4.69, 9.17) is 11.6 Å². The molecule has 0 bridgehead atoms. The summed E-state index contributed by atoms with van der Waals surface area (Å²) in [5, 5.41) is 4.68. The molecule has 1 aromatic rings. The van der Waals surface area contributed by atoms with E-state index in [1.165, 1.54) is 5.56 Å². The zero-order chi connectivity index (χ0) is 10.1. The summed E-state index contributed by atoms with van der Waals surface area (Å²) in [6.45, 7) is 2.19. The van der Waals surface area contributed by atoms with Crippen LogP contribution in [0.2, 0.25) is 5.02 Å². The molecule has 14 heavy (non-hydrogen) atoms. The molecule has 0 saturated carbocycles. The van der Waals surface area contributed by atoms with Crippen LogP contribution >= 0.6 is 39.3 Å². The molecule has 1 heterocycles. The Kier molecular flexibility index (Phi) is 3.42. The van der Waals surface area contributed by atoms with Crippen molar-refractivity contribution in [2.24, 2.45) is 0 Å². The average molecular weight is 293 g/mol. The van der Waals surface area contributed by atoms with Crippen LogP contribution in [0.1, 0.15) is 17.9 Å². The number of halogens is 2. The first kappa shape index (κ1) is 10.8. The smallest absolute Gasteiger partial charge is 0.0806 e. The Hall–Kier alpha value is 0.300. The number of nitrogens with one attached hydrogen (secondary N) is 1. The minimum absolute atomic E-state index is 0.352. The van der Waals surface area contributed by atoms with E-state index >= 15 is 0 Å². The molecule has 2 unspecified atom stereocenters. The van der Waals surface area contributed by atoms with Crippen molar-refractivity contribution in [2.45, 2.75) is 18.3 Å². The third-order valence-electron chi connectivity index (χ3n) is 2.19. The lowest BCUT2D eigenvalue weighted by Crippen LogP contribution is -2.22. The van der Waals surface area contributed by atoms with Gasteiger partial charge >= 0.3 is 0 Å². The van der Waals surface area contributed by atoms with Gasteiger partial charge in [0.1, 0.15) is 0 Å². The van der Waals surface area contributed by atoms with Gasteiger partial charge in [-0.05, 0) is 24.6 Å². The van der Waals surface area contributed by atoms with Gasteiger partial charge in [-0.2, -0.15) is 0 Å². The second-order valence-electron chi connectivity index (χ2n) is 3.45. The maximum atomic E-state index is 6.17. The van der Waals surface area contributed by atoms with Crippen LogP contribution in [0.4, 0.5) is 0 Å². The third kappa shape index (κ3) is 2.27. The predicted molar refractivity (Wildman–Crippen MR) is 66.9 cm³/mol. The molecule has 2 rings (SSSR count). The van der Waals surface area contributed by atoms with Crippen LogP contribution in [0.15, 0.2) is 22.7 Å². The van der Waals surface area contributed by atoms with Crippen molar-refractivity contribution in [1.29, 1.82) is 0 Å². The molecule has 0 spiro atoms. The van der Waals surface area contributed by atoms with Crippen LogP contribution in [0.5, 0.6) is 0 Å². The predicted octanol–water partition coefficient (Wildman–Crippen LogP) is 3.83. The van der Waals surface area contributed by atoms with Crippen molar-refractivity contribution in [3.8, 4) is 0 Å². The van der Waals surface area contributed by atoms with Gasteiger partial charge in [0.15, 0.2) is 0 Å². The van der Waals surface area contributed by atoms with Crippen molar-refractivity contribution in [3.63, 3.8) is 0 Å². The highest BCUT2D eigenvalue weighted by atomic mass is 79.9. The van der Waals surface area contributed by atoms with Crippen molar-refractivity contribution in [1.82, 2.24) is 5.32 Å². The largest absolute Gasteiger partial charge is 0.298 e. The summed E-state index contributed by atoms with van der Waals surface area (Å²) in [5.41, 5.74) is 1.18. The monoisotopic (exact) mass is 291 g/mol. The van der Waals surface area contributed by atoms with Crippen molar-refractivity contribution in [2.75, 3.05) is 5.75 Å². The fraction of sp³-hybridized carbons (Fsp3) is 0.400. The molecule has 1 nitrogen and oxygen atoms in total. The first-order valence-electron chi connectivity index (χ1n) is 4.49. The second kappa shape index (κ2) is 4.44. The molecule has 4 heteroatoms. The van der Waals surface area contributed by atoms with Crippen LogP contribution < -0.4 is 5.32 Å². The highest BCUT2D eigenvalue weighted by Crippen LogP contribution is 2.37. The lowest BCUT2D eigenvalue weighted by Gasteiger charge is -2.12. The summed E-state index contributed by atoms with van der Waals surface area (Å²) in [6.07, 6.45) is 0.